The maximum absolute atomic E-state index is 5.90. The van der Waals surface area contributed by atoms with Crippen LogP contribution < -0.4 is 5.32 Å². The largest absolute Gasteiger partial charge is 0.412 e. The molecule has 31 heavy (non-hydrogen) atoms. The highest BCUT2D eigenvalue weighted by Gasteiger charge is 2.10. The highest BCUT2D eigenvalue weighted by atomic mass is 35.5. The Morgan fingerprint density at radius 1 is 0.871 bits per heavy atom. The van der Waals surface area contributed by atoms with Gasteiger partial charge in [0.1, 0.15) is 0 Å². The minimum Gasteiger partial charge on any atom is -0.412 e. The molecule has 0 spiro atoms. The van der Waals surface area contributed by atoms with Gasteiger partial charge in [-0.1, -0.05) is 49.4 Å². The second-order valence-corrected chi connectivity index (χ2v) is 7.50. The van der Waals surface area contributed by atoms with Gasteiger partial charge in [0, 0.05) is 29.7 Å². The maximum atomic E-state index is 5.90. The molecule has 0 aliphatic rings. The molecule has 4 nitrogen and oxygen atoms in total. The number of nitrogens with zero attached hydrogens (tertiary/aromatic N) is 2. The average Bonchev–Trinajstić information content (AvgIpc) is 2.73. The second-order valence-electron chi connectivity index (χ2n) is 7.12. The standard InChI is InChI=1S/C24H26ClN3.2ClH.H2O/c1-2-28(15-12-25)14-7-13-26-24-20-10-5-6-11-22(20)27-23-17-19-9-4-3-8-18(19)16-21(23)24;;;/h3-6,8-11,16-17H,2,7,12-15H2,1H3,(H,26,27);2*1H;1H2. The first-order chi connectivity index (χ1) is 13.8. The number of fused-ring (bicyclic) bond motifs is 3. The van der Waals surface area contributed by atoms with E-state index in [1.165, 1.54) is 27.2 Å². The third-order valence-corrected chi connectivity index (χ3v) is 5.52. The molecule has 7 heteroatoms. The van der Waals surface area contributed by atoms with Crippen molar-refractivity contribution in [1.82, 2.24) is 9.88 Å². The van der Waals surface area contributed by atoms with E-state index in [1.54, 1.807) is 0 Å². The quantitative estimate of drug-likeness (QED) is 0.192. The van der Waals surface area contributed by atoms with Crippen molar-refractivity contribution in [1.29, 1.82) is 0 Å². The zero-order valence-corrected chi connectivity index (χ0v) is 20.0. The van der Waals surface area contributed by atoms with Crippen molar-refractivity contribution in [3.05, 3.63) is 60.7 Å². The van der Waals surface area contributed by atoms with Crippen LogP contribution in [-0.4, -0.2) is 47.4 Å². The van der Waals surface area contributed by atoms with E-state index in [9.17, 15) is 0 Å². The smallest absolute Gasteiger partial charge is 0.0736 e. The Bertz CT molecular complexity index is 1100. The predicted octanol–water partition coefficient (Wildman–Crippen LogP) is 5.92. The van der Waals surface area contributed by atoms with Crippen molar-refractivity contribution < 1.29 is 5.48 Å². The molecule has 0 aliphatic carbocycles. The minimum atomic E-state index is 0. The van der Waals surface area contributed by atoms with E-state index in [4.69, 9.17) is 16.6 Å². The van der Waals surface area contributed by atoms with Crippen LogP contribution in [0.1, 0.15) is 13.3 Å². The van der Waals surface area contributed by atoms with Crippen LogP contribution >= 0.6 is 36.4 Å². The van der Waals surface area contributed by atoms with Gasteiger partial charge in [0.2, 0.25) is 0 Å². The number of pyridine rings is 1. The number of hydrogen-bond donors (Lipinski definition) is 1. The second kappa shape index (κ2) is 12.9. The highest BCUT2D eigenvalue weighted by Crippen LogP contribution is 2.33. The van der Waals surface area contributed by atoms with E-state index in [0.717, 1.165) is 43.6 Å². The van der Waals surface area contributed by atoms with E-state index in [-0.39, 0.29) is 30.3 Å². The topological polar surface area (TPSA) is 59.7 Å². The fraction of sp³-hybridized carbons (Fsp3) is 0.292. The summed E-state index contributed by atoms with van der Waals surface area (Å²) in [6.07, 6.45) is 1.08. The molecule has 0 fully saturated rings. The van der Waals surface area contributed by atoms with Crippen molar-refractivity contribution in [2.24, 2.45) is 0 Å². The van der Waals surface area contributed by atoms with Crippen molar-refractivity contribution in [3.63, 3.8) is 0 Å². The van der Waals surface area contributed by atoms with Gasteiger partial charge in [-0.25, -0.2) is 4.98 Å². The van der Waals surface area contributed by atoms with E-state index >= 15 is 0 Å². The third-order valence-electron chi connectivity index (χ3n) is 5.35. The van der Waals surface area contributed by atoms with Crippen LogP contribution in [0.5, 0.6) is 0 Å². The summed E-state index contributed by atoms with van der Waals surface area (Å²) in [5.41, 5.74) is 3.26. The number of alkyl halides is 1. The van der Waals surface area contributed by atoms with Crippen LogP contribution in [0.3, 0.4) is 0 Å². The average molecular weight is 483 g/mol. The van der Waals surface area contributed by atoms with E-state index in [0.29, 0.717) is 5.88 Å². The molecule has 168 valence electrons. The Morgan fingerprint density at radius 2 is 1.55 bits per heavy atom. The number of anilines is 1. The first kappa shape index (κ1) is 27.2. The van der Waals surface area contributed by atoms with Gasteiger partial charge in [-0.3, -0.25) is 0 Å². The molecule has 0 amide bonds. The van der Waals surface area contributed by atoms with Crippen molar-refractivity contribution in [2.75, 3.05) is 37.4 Å². The van der Waals surface area contributed by atoms with Gasteiger partial charge in [-0.2, -0.15) is 0 Å². The van der Waals surface area contributed by atoms with Crippen LogP contribution in [0.15, 0.2) is 60.7 Å². The first-order valence-electron chi connectivity index (χ1n) is 10.0. The number of halogens is 3. The summed E-state index contributed by atoms with van der Waals surface area (Å²) in [5.74, 6) is 0.688. The zero-order valence-electron chi connectivity index (χ0n) is 17.6. The van der Waals surface area contributed by atoms with Crippen LogP contribution in [-0.2, 0) is 0 Å². The molecule has 0 unspecified atom stereocenters. The lowest BCUT2D eigenvalue weighted by Crippen LogP contribution is -2.27. The molecular weight excluding hydrogens is 453 g/mol. The SMILES string of the molecule is CCN(CCCl)CCCNc1c2ccccc2nc2cc3ccccc3cc12.Cl.Cl.O. The molecule has 0 radical (unpaired) electrons. The molecule has 3 aromatic carbocycles. The van der Waals surface area contributed by atoms with Crippen molar-refractivity contribution in [2.45, 2.75) is 13.3 Å². The van der Waals surface area contributed by atoms with E-state index < -0.39 is 0 Å². The van der Waals surface area contributed by atoms with E-state index in [2.05, 4.69) is 77.8 Å². The molecule has 0 saturated carbocycles. The number of hydrogen-bond acceptors (Lipinski definition) is 3. The van der Waals surface area contributed by atoms with Gasteiger partial charge in [0.25, 0.3) is 0 Å². The monoisotopic (exact) mass is 481 g/mol. The molecule has 0 atom stereocenters. The van der Waals surface area contributed by atoms with E-state index in [1.807, 2.05) is 0 Å². The molecule has 0 bridgehead atoms. The van der Waals surface area contributed by atoms with Crippen LogP contribution in [0, 0.1) is 0 Å². The molecule has 4 aromatic rings. The van der Waals surface area contributed by atoms with Gasteiger partial charge >= 0.3 is 0 Å². The Morgan fingerprint density at radius 3 is 2.26 bits per heavy atom. The molecule has 3 N–H and O–H groups in total. The number of aromatic nitrogens is 1. The van der Waals surface area contributed by atoms with Gasteiger partial charge in [-0.15, -0.1) is 36.4 Å². The van der Waals surface area contributed by atoms with Gasteiger partial charge in [0.15, 0.2) is 0 Å². The van der Waals surface area contributed by atoms with Crippen molar-refractivity contribution >= 4 is 74.7 Å². The first-order valence-corrected chi connectivity index (χ1v) is 10.6. The summed E-state index contributed by atoms with van der Waals surface area (Å²) < 4.78 is 0. The summed E-state index contributed by atoms with van der Waals surface area (Å²) in [6.45, 7) is 6.16. The Labute approximate surface area is 201 Å². The molecule has 1 heterocycles. The molecular formula is C24H30Cl3N3O. The Kier molecular flexibility index (Phi) is 11.3. The summed E-state index contributed by atoms with van der Waals surface area (Å²) in [4.78, 5) is 7.31. The predicted molar refractivity (Wildman–Crippen MR) is 141 cm³/mol. The van der Waals surface area contributed by atoms with Crippen LogP contribution in [0.2, 0.25) is 0 Å². The lowest BCUT2D eigenvalue weighted by Gasteiger charge is -2.19. The molecule has 0 saturated heterocycles. The molecule has 0 aliphatic heterocycles. The lowest BCUT2D eigenvalue weighted by molar-refractivity contribution is 0.304. The number of rotatable bonds is 8. The van der Waals surface area contributed by atoms with Crippen LogP contribution in [0.4, 0.5) is 5.69 Å². The Hall–Kier alpha value is -1.82. The lowest BCUT2D eigenvalue weighted by atomic mass is 10.0. The fourth-order valence-corrected chi connectivity index (χ4v) is 4.07. The maximum Gasteiger partial charge on any atom is 0.0736 e. The number of nitrogens with one attached hydrogen (secondary N) is 1. The molecule has 4 rings (SSSR count). The normalized spacial score (nSPS) is 10.5. The van der Waals surface area contributed by atoms with Gasteiger partial charge < -0.3 is 15.7 Å². The third kappa shape index (κ3) is 6.12. The Balaban J connectivity index is 0.00000160. The van der Waals surface area contributed by atoms with Gasteiger partial charge in [0.05, 0.1) is 16.7 Å². The summed E-state index contributed by atoms with van der Waals surface area (Å²) in [5, 5.41) is 8.55. The minimum absolute atomic E-state index is 0. The fourth-order valence-electron chi connectivity index (χ4n) is 3.83. The molecule has 1 aromatic heterocycles. The van der Waals surface area contributed by atoms with Crippen molar-refractivity contribution in [3.8, 4) is 0 Å². The highest BCUT2D eigenvalue weighted by molar-refractivity contribution is 6.18. The summed E-state index contributed by atoms with van der Waals surface area (Å²) >= 11 is 5.90. The number of para-hydroxylation sites is 1. The number of benzene rings is 3. The zero-order chi connectivity index (χ0) is 19.3. The summed E-state index contributed by atoms with van der Waals surface area (Å²) in [6, 6.07) is 21.3. The summed E-state index contributed by atoms with van der Waals surface area (Å²) in [7, 11) is 0. The van der Waals surface area contributed by atoms with Crippen LogP contribution in [0.25, 0.3) is 32.6 Å². The van der Waals surface area contributed by atoms with Gasteiger partial charge in [-0.05, 0) is 48.5 Å².